The van der Waals surface area contributed by atoms with Crippen LogP contribution < -0.4 is 0 Å². The second kappa shape index (κ2) is 11.0. The molecular weight excluding hydrogens is 380 g/mol. The van der Waals surface area contributed by atoms with Gasteiger partial charge in [-0.1, -0.05) is 58.8 Å². The van der Waals surface area contributed by atoms with Gasteiger partial charge >= 0.3 is 0 Å². The van der Waals surface area contributed by atoms with Gasteiger partial charge < -0.3 is 9.80 Å². The third kappa shape index (κ3) is 6.34. The van der Waals surface area contributed by atoms with E-state index in [4.69, 9.17) is 11.1 Å². The fourth-order valence-electron chi connectivity index (χ4n) is 3.34. The van der Waals surface area contributed by atoms with Gasteiger partial charge in [0.25, 0.3) is 0 Å². The smallest absolute Gasteiger partial charge is 0.136 e. The summed E-state index contributed by atoms with van der Waals surface area (Å²) < 4.78 is 0. The van der Waals surface area contributed by atoms with E-state index >= 15 is 0 Å². The van der Waals surface area contributed by atoms with Crippen molar-refractivity contribution in [2.24, 2.45) is 10.2 Å². The fourth-order valence-corrected chi connectivity index (χ4v) is 3.34. The summed E-state index contributed by atoms with van der Waals surface area (Å²) in [6.07, 6.45) is 0.740. The number of carbonyl (C=O) groups excluding carboxylic acids is 1. The number of rotatable bonds is 10. The molecule has 0 saturated carbocycles. The molecule has 0 aliphatic rings. The van der Waals surface area contributed by atoms with E-state index < -0.39 is 0 Å². The van der Waals surface area contributed by atoms with Crippen LogP contribution in [0.15, 0.2) is 58.8 Å². The van der Waals surface area contributed by atoms with E-state index in [1.54, 1.807) is 24.3 Å². The zero-order chi connectivity index (χ0) is 22.1. The number of nitrogens with zero attached hydrogens (tertiary/aromatic N) is 8. The van der Waals surface area contributed by atoms with Crippen LogP contribution in [-0.4, -0.2) is 43.8 Å². The molecule has 156 valence electrons. The first-order valence-corrected chi connectivity index (χ1v) is 9.50. The van der Waals surface area contributed by atoms with Crippen molar-refractivity contribution in [1.82, 2.24) is 9.80 Å². The molecule has 2 rings (SSSR count). The van der Waals surface area contributed by atoms with Gasteiger partial charge in [0.15, 0.2) is 0 Å². The van der Waals surface area contributed by atoms with Crippen molar-refractivity contribution in [2.75, 3.05) is 28.2 Å². The van der Waals surface area contributed by atoms with Crippen LogP contribution >= 0.6 is 0 Å². The number of hydrogen-bond donors (Lipinski definition) is 0. The summed E-state index contributed by atoms with van der Waals surface area (Å²) in [6, 6.07) is 14.4. The Morgan fingerprint density at radius 1 is 0.767 bits per heavy atom. The molecule has 0 heterocycles. The Hall–Kier alpha value is -3.35. The average molecular weight is 406 g/mol. The topological polar surface area (TPSA) is 121 Å². The van der Waals surface area contributed by atoms with Gasteiger partial charge in [-0.25, -0.2) is 0 Å². The highest BCUT2D eigenvalue weighted by molar-refractivity contribution is 5.80. The minimum absolute atomic E-state index is 0.0761. The van der Waals surface area contributed by atoms with Crippen molar-refractivity contribution in [3.63, 3.8) is 0 Å². The molecule has 0 radical (unpaired) electrons. The molecule has 0 aromatic heterocycles. The Morgan fingerprint density at radius 2 is 1.10 bits per heavy atom. The van der Waals surface area contributed by atoms with Gasteiger partial charge in [0.1, 0.15) is 5.78 Å². The molecule has 0 amide bonds. The van der Waals surface area contributed by atoms with Gasteiger partial charge in [0.2, 0.25) is 0 Å². The lowest BCUT2D eigenvalue weighted by Gasteiger charge is -2.27. The number of azide groups is 2. The molecular formula is C21H26N8O. The molecule has 0 fully saturated rings. The average Bonchev–Trinajstić information content (AvgIpc) is 2.72. The van der Waals surface area contributed by atoms with Crippen LogP contribution in [0, 0.1) is 0 Å². The molecule has 0 aliphatic heterocycles. The molecule has 9 heteroatoms. The quantitative estimate of drug-likeness (QED) is 0.280. The fraction of sp³-hybridized carbons (Fsp3) is 0.381. The standard InChI is InChI=1S/C21H26N8O/c1-28(2)20(15-5-9-17(10-6-15)24-26-22)13-19(30)14-21(29(3)4)16-7-11-18(12-8-16)25-27-23/h5-12,20-21H,13-14H2,1-4H3. The predicted molar refractivity (Wildman–Crippen MR) is 118 cm³/mol. The van der Waals surface area contributed by atoms with E-state index in [-0.39, 0.29) is 17.9 Å². The molecule has 2 aromatic carbocycles. The van der Waals surface area contributed by atoms with Crippen LogP contribution in [0.4, 0.5) is 11.4 Å². The van der Waals surface area contributed by atoms with Gasteiger partial charge in [-0.05, 0) is 50.4 Å². The van der Waals surface area contributed by atoms with Crippen LogP contribution in [0.2, 0.25) is 0 Å². The normalized spacial score (nSPS) is 12.7. The third-order valence-corrected chi connectivity index (χ3v) is 4.96. The van der Waals surface area contributed by atoms with Crippen molar-refractivity contribution in [3.8, 4) is 0 Å². The van der Waals surface area contributed by atoms with Crippen molar-refractivity contribution in [1.29, 1.82) is 0 Å². The second-order valence-electron chi connectivity index (χ2n) is 7.47. The first kappa shape index (κ1) is 22.9. The Balaban J connectivity index is 2.15. The zero-order valence-electron chi connectivity index (χ0n) is 17.7. The summed E-state index contributed by atoms with van der Waals surface area (Å²) in [4.78, 5) is 22.6. The minimum Gasteiger partial charge on any atom is -0.302 e. The Labute approximate surface area is 176 Å². The van der Waals surface area contributed by atoms with Crippen LogP contribution in [0.1, 0.15) is 36.1 Å². The zero-order valence-corrected chi connectivity index (χ0v) is 17.7. The maximum absolute atomic E-state index is 13.0. The lowest BCUT2D eigenvalue weighted by Crippen LogP contribution is -2.26. The summed E-state index contributed by atoms with van der Waals surface area (Å²) >= 11 is 0. The lowest BCUT2D eigenvalue weighted by molar-refractivity contribution is -0.121. The third-order valence-electron chi connectivity index (χ3n) is 4.96. The van der Waals surface area contributed by atoms with E-state index in [0.29, 0.717) is 24.2 Å². The first-order chi connectivity index (χ1) is 14.3. The maximum Gasteiger partial charge on any atom is 0.136 e. The molecule has 30 heavy (non-hydrogen) atoms. The largest absolute Gasteiger partial charge is 0.302 e. The van der Waals surface area contributed by atoms with Gasteiger partial charge in [-0.2, -0.15) is 0 Å². The van der Waals surface area contributed by atoms with Crippen molar-refractivity contribution >= 4 is 17.2 Å². The number of hydrogen-bond acceptors (Lipinski definition) is 5. The number of carbonyl (C=O) groups is 1. The highest BCUT2D eigenvalue weighted by Gasteiger charge is 2.23. The summed E-state index contributed by atoms with van der Waals surface area (Å²) in [6.45, 7) is 0. The molecule has 0 saturated heterocycles. The van der Waals surface area contributed by atoms with Gasteiger partial charge in [-0.3, -0.25) is 4.79 Å². The minimum atomic E-state index is -0.0761. The molecule has 2 unspecified atom stereocenters. The molecule has 0 N–H and O–H groups in total. The maximum atomic E-state index is 13.0. The molecule has 0 aliphatic carbocycles. The Morgan fingerprint density at radius 3 is 1.37 bits per heavy atom. The highest BCUT2D eigenvalue weighted by atomic mass is 16.1. The van der Waals surface area contributed by atoms with Crippen LogP contribution in [-0.2, 0) is 4.79 Å². The van der Waals surface area contributed by atoms with E-state index in [1.165, 1.54) is 0 Å². The van der Waals surface area contributed by atoms with E-state index in [0.717, 1.165) is 11.1 Å². The van der Waals surface area contributed by atoms with Gasteiger partial charge in [0.05, 0.1) is 0 Å². The summed E-state index contributed by atoms with van der Waals surface area (Å²) in [5, 5.41) is 7.18. The van der Waals surface area contributed by atoms with Gasteiger partial charge in [-0.15, -0.1) is 0 Å². The number of ketones is 1. The predicted octanol–water partition coefficient (Wildman–Crippen LogP) is 5.83. The first-order valence-electron chi connectivity index (χ1n) is 9.50. The SMILES string of the molecule is CN(C)C(CC(=O)CC(c1ccc(N=[N+]=[N-])cc1)N(C)C)c1ccc(N=[N+]=[N-])cc1. The molecule has 2 atom stereocenters. The van der Waals surface area contributed by atoms with Crippen molar-refractivity contribution in [2.45, 2.75) is 24.9 Å². The Bertz CT molecular complexity index is 862. The van der Waals surface area contributed by atoms with Crippen molar-refractivity contribution in [3.05, 3.63) is 80.5 Å². The summed E-state index contributed by atoms with van der Waals surface area (Å²) in [5.41, 5.74) is 20.2. The van der Waals surface area contributed by atoms with Crippen LogP contribution in [0.5, 0.6) is 0 Å². The lowest BCUT2D eigenvalue weighted by atomic mass is 9.94. The van der Waals surface area contributed by atoms with E-state index in [1.807, 2.05) is 62.3 Å². The summed E-state index contributed by atoms with van der Waals surface area (Å²) in [7, 11) is 7.77. The number of benzene rings is 2. The van der Waals surface area contributed by atoms with Crippen LogP contribution in [0.3, 0.4) is 0 Å². The number of Topliss-reactive ketones (excluding diaryl/α,β-unsaturated/α-hetero) is 1. The highest BCUT2D eigenvalue weighted by Crippen LogP contribution is 2.29. The van der Waals surface area contributed by atoms with Gasteiger partial charge in [0, 0.05) is 46.1 Å². The summed E-state index contributed by atoms with van der Waals surface area (Å²) in [5.74, 6) is 0.144. The van der Waals surface area contributed by atoms with E-state index in [9.17, 15) is 4.79 Å². The monoisotopic (exact) mass is 406 g/mol. The molecule has 9 nitrogen and oxygen atoms in total. The van der Waals surface area contributed by atoms with E-state index in [2.05, 4.69) is 20.1 Å². The molecule has 0 bridgehead atoms. The molecule has 2 aromatic rings. The van der Waals surface area contributed by atoms with Crippen LogP contribution in [0.25, 0.3) is 20.9 Å². The molecule has 0 spiro atoms. The second-order valence-corrected chi connectivity index (χ2v) is 7.47. The van der Waals surface area contributed by atoms with Crippen molar-refractivity contribution < 1.29 is 4.79 Å². The Kier molecular flexibility index (Phi) is 8.41.